The van der Waals surface area contributed by atoms with Gasteiger partial charge in [-0.2, -0.15) is 0 Å². The minimum Gasteiger partial charge on any atom is -0.463 e. The van der Waals surface area contributed by atoms with Crippen molar-refractivity contribution in [3.05, 3.63) is 42.0 Å². The van der Waals surface area contributed by atoms with Crippen LogP contribution in [-0.2, 0) is 16.0 Å². The Morgan fingerprint density at radius 3 is 2.61 bits per heavy atom. The molecule has 1 aromatic carbocycles. The Morgan fingerprint density at radius 1 is 1.22 bits per heavy atom. The molecule has 0 atom stereocenters. The fourth-order valence-corrected chi connectivity index (χ4v) is 2.71. The molecule has 23 heavy (non-hydrogen) atoms. The maximum Gasteiger partial charge on any atom is 0.376 e. The SMILES string of the molecule is CCC(=O)N1CCc2cc(-c3cnc(C(=O)OC)nc3)ccc21. The molecule has 0 bridgehead atoms. The third kappa shape index (κ3) is 2.79. The quantitative estimate of drug-likeness (QED) is 0.813. The predicted octanol–water partition coefficient (Wildman–Crippen LogP) is 2.23. The standard InChI is InChI=1S/C17H17N3O3/c1-3-15(21)20-7-6-12-8-11(4-5-14(12)20)13-9-18-16(19-10-13)17(22)23-2/h4-5,8-10H,3,6-7H2,1-2H3. The number of rotatable bonds is 3. The van der Waals surface area contributed by atoms with Gasteiger partial charge in [0.15, 0.2) is 0 Å². The molecule has 2 aromatic rings. The highest BCUT2D eigenvalue weighted by Crippen LogP contribution is 2.32. The molecule has 1 amide bonds. The molecule has 0 spiro atoms. The topological polar surface area (TPSA) is 72.4 Å². The molecule has 0 aliphatic carbocycles. The van der Waals surface area contributed by atoms with Crippen molar-refractivity contribution in [3.63, 3.8) is 0 Å². The number of nitrogens with zero attached hydrogens (tertiary/aromatic N) is 3. The largest absolute Gasteiger partial charge is 0.463 e. The van der Waals surface area contributed by atoms with Crippen molar-refractivity contribution in [2.75, 3.05) is 18.6 Å². The van der Waals surface area contributed by atoms with Crippen LogP contribution in [0.2, 0.25) is 0 Å². The van der Waals surface area contributed by atoms with Gasteiger partial charge in [0.1, 0.15) is 0 Å². The van der Waals surface area contributed by atoms with Crippen molar-refractivity contribution < 1.29 is 14.3 Å². The van der Waals surface area contributed by atoms with Crippen LogP contribution >= 0.6 is 0 Å². The van der Waals surface area contributed by atoms with Crippen molar-refractivity contribution in [1.29, 1.82) is 0 Å². The fraction of sp³-hybridized carbons (Fsp3) is 0.294. The summed E-state index contributed by atoms with van der Waals surface area (Å²) in [6, 6.07) is 5.95. The smallest absolute Gasteiger partial charge is 0.376 e. The highest BCUT2D eigenvalue weighted by atomic mass is 16.5. The van der Waals surface area contributed by atoms with Crippen molar-refractivity contribution in [2.45, 2.75) is 19.8 Å². The maximum atomic E-state index is 11.9. The first-order chi connectivity index (χ1) is 11.1. The molecule has 1 aliphatic heterocycles. The highest BCUT2D eigenvalue weighted by molar-refractivity contribution is 5.95. The van der Waals surface area contributed by atoms with Crippen LogP contribution in [0, 0.1) is 0 Å². The molecule has 3 rings (SSSR count). The van der Waals surface area contributed by atoms with Gasteiger partial charge in [0.2, 0.25) is 11.7 Å². The van der Waals surface area contributed by atoms with Crippen LogP contribution in [-0.4, -0.2) is 35.5 Å². The normalized spacial score (nSPS) is 12.9. The minimum absolute atomic E-state index is 0.0390. The number of hydrogen-bond acceptors (Lipinski definition) is 5. The van der Waals surface area contributed by atoms with Gasteiger partial charge in [-0.05, 0) is 29.7 Å². The molecule has 2 heterocycles. The summed E-state index contributed by atoms with van der Waals surface area (Å²) in [5.41, 5.74) is 3.90. The molecule has 1 aromatic heterocycles. The van der Waals surface area contributed by atoms with Gasteiger partial charge in [-0.1, -0.05) is 13.0 Å². The van der Waals surface area contributed by atoms with Gasteiger partial charge in [0, 0.05) is 36.6 Å². The average molecular weight is 311 g/mol. The monoisotopic (exact) mass is 311 g/mol. The van der Waals surface area contributed by atoms with E-state index in [0.29, 0.717) is 6.42 Å². The van der Waals surface area contributed by atoms with Crippen molar-refractivity contribution >= 4 is 17.6 Å². The number of carbonyl (C=O) groups is 2. The summed E-state index contributed by atoms with van der Waals surface area (Å²) >= 11 is 0. The van der Waals surface area contributed by atoms with Gasteiger partial charge in [-0.25, -0.2) is 14.8 Å². The number of hydrogen-bond donors (Lipinski definition) is 0. The molecule has 0 fully saturated rings. The zero-order valence-corrected chi connectivity index (χ0v) is 13.1. The van der Waals surface area contributed by atoms with E-state index in [1.54, 1.807) is 12.4 Å². The molecule has 0 saturated carbocycles. The average Bonchev–Trinajstić information content (AvgIpc) is 3.03. The van der Waals surface area contributed by atoms with E-state index in [0.717, 1.165) is 35.3 Å². The van der Waals surface area contributed by atoms with Crippen molar-refractivity contribution in [1.82, 2.24) is 9.97 Å². The number of esters is 1. The number of benzene rings is 1. The second-order valence-corrected chi connectivity index (χ2v) is 5.28. The summed E-state index contributed by atoms with van der Waals surface area (Å²) in [6.45, 7) is 2.60. The van der Waals surface area contributed by atoms with Gasteiger partial charge in [0.05, 0.1) is 7.11 Å². The maximum absolute atomic E-state index is 11.9. The fourth-order valence-electron chi connectivity index (χ4n) is 2.71. The number of amides is 1. The zero-order chi connectivity index (χ0) is 16.4. The van der Waals surface area contributed by atoms with Crippen LogP contribution in [0.15, 0.2) is 30.6 Å². The molecule has 118 valence electrons. The Bertz CT molecular complexity index is 756. The predicted molar refractivity (Wildman–Crippen MR) is 85.2 cm³/mol. The lowest BCUT2D eigenvalue weighted by atomic mass is 10.0. The van der Waals surface area contributed by atoms with Crippen LogP contribution in [0.5, 0.6) is 0 Å². The van der Waals surface area contributed by atoms with Crippen LogP contribution < -0.4 is 4.90 Å². The van der Waals surface area contributed by atoms with E-state index in [4.69, 9.17) is 0 Å². The summed E-state index contributed by atoms with van der Waals surface area (Å²) in [6.07, 6.45) is 4.55. The molecular weight excluding hydrogens is 294 g/mol. The number of ether oxygens (including phenoxy) is 1. The molecule has 6 heteroatoms. The van der Waals surface area contributed by atoms with E-state index < -0.39 is 5.97 Å². The Balaban J connectivity index is 1.88. The summed E-state index contributed by atoms with van der Waals surface area (Å²) in [5, 5.41) is 0. The third-order valence-electron chi connectivity index (χ3n) is 3.93. The molecule has 0 N–H and O–H groups in total. The van der Waals surface area contributed by atoms with Crippen molar-refractivity contribution in [2.24, 2.45) is 0 Å². The highest BCUT2D eigenvalue weighted by Gasteiger charge is 2.23. The number of fused-ring (bicyclic) bond motifs is 1. The van der Waals surface area contributed by atoms with Crippen LogP contribution in [0.4, 0.5) is 5.69 Å². The summed E-state index contributed by atoms with van der Waals surface area (Å²) in [5.74, 6) is -0.376. The van der Waals surface area contributed by atoms with Crippen LogP contribution in [0.1, 0.15) is 29.5 Å². The molecule has 0 radical (unpaired) electrons. The molecule has 0 unspecified atom stereocenters. The Morgan fingerprint density at radius 2 is 1.96 bits per heavy atom. The lowest BCUT2D eigenvalue weighted by molar-refractivity contribution is -0.118. The Labute approximate surface area is 134 Å². The van der Waals surface area contributed by atoms with Crippen molar-refractivity contribution in [3.8, 4) is 11.1 Å². The number of anilines is 1. The first-order valence-electron chi connectivity index (χ1n) is 7.48. The second kappa shape index (κ2) is 6.16. The summed E-state index contributed by atoms with van der Waals surface area (Å²) in [4.78, 5) is 33.2. The van der Waals surface area contributed by atoms with E-state index >= 15 is 0 Å². The van der Waals surface area contributed by atoms with Gasteiger partial charge in [-0.15, -0.1) is 0 Å². The lowest BCUT2D eigenvalue weighted by Gasteiger charge is -2.16. The van der Waals surface area contributed by atoms with Crippen LogP contribution in [0.25, 0.3) is 11.1 Å². The molecule has 0 saturated heterocycles. The van der Waals surface area contributed by atoms with E-state index in [1.807, 2.05) is 24.0 Å². The Kier molecular flexibility index (Phi) is 4.06. The second-order valence-electron chi connectivity index (χ2n) is 5.28. The van der Waals surface area contributed by atoms with E-state index in [2.05, 4.69) is 20.8 Å². The summed E-state index contributed by atoms with van der Waals surface area (Å²) < 4.78 is 4.59. The third-order valence-corrected chi connectivity index (χ3v) is 3.93. The number of carbonyl (C=O) groups excluding carboxylic acids is 2. The van der Waals surface area contributed by atoms with Gasteiger partial charge >= 0.3 is 5.97 Å². The van der Waals surface area contributed by atoms with Crippen LogP contribution in [0.3, 0.4) is 0 Å². The first-order valence-corrected chi connectivity index (χ1v) is 7.48. The van der Waals surface area contributed by atoms with E-state index in [9.17, 15) is 9.59 Å². The van der Waals surface area contributed by atoms with Gasteiger partial charge in [0.25, 0.3) is 0 Å². The molecule has 6 nitrogen and oxygen atoms in total. The Hall–Kier alpha value is -2.76. The summed E-state index contributed by atoms with van der Waals surface area (Å²) in [7, 11) is 1.30. The lowest BCUT2D eigenvalue weighted by Crippen LogP contribution is -2.27. The molecular formula is C17H17N3O3. The number of methoxy groups -OCH3 is 1. The van der Waals surface area contributed by atoms with E-state index in [1.165, 1.54) is 7.11 Å². The van der Waals surface area contributed by atoms with E-state index in [-0.39, 0.29) is 11.7 Å². The first kappa shape index (κ1) is 15.1. The zero-order valence-electron chi connectivity index (χ0n) is 13.1. The number of aromatic nitrogens is 2. The molecule has 1 aliphatic rings. The van der Waals surface area contributed by atoms with Gasteiger partial charge < -0.3 is 9.64 Å². The van der Waals surface area contributed by atoms with Gasteiger partial charge in [-0.3, -0.25) is 4.79 Å². The minimum atomic E-state index is -0.556.